The fourth-order valence-corrected chi connectivity index (χ4v) is 9.01. The summed E-state index contributed by atoms with van der Waals surface area (Å²) in [6, 6.07) is 4.24. The molecule has 474 valence electrons. The summed E-state index contributed by atoms with van der Waals surface area (Å²) in [7, 11) is 2.25. The maximum atomic E-state index is 14.9. The third-order valence-electron chi connectivity index (χ3n) is 12.3. The zero-order valence-corrected chi connectivity index (χ0v) is 49.5. The molecular weight excluding hydrogens is 1140 g/mol. The lowest BCUT2D eigenvalue weighted by atomic mass is 9.87. The van der Waals surface area contributed by atoms with Gasteiger partial charge < -0.3 is 90.6 Å². The van der Waals surface area contributed by atoms with Gasteiger partial charge in [0.05, 0.1) is 32.1 Å². The number of hydrogen-bond donors (Lipinski definition) is 1. The molecule has 0 aromatic heterocycles. The van der Waals surface area contributed by atoms with E-state index in [0.29, 0.717) is 5.75 Å². The monoisotopic (exact) mass is 1220 g/mol. The molecule has 31 nitrogen and oxygen atoms in total. The van der Waals surface area contributed by atoms with E-state index in [2.05, 4.69) is 5.32 Å². The molecule has 0 aliphatic carbocycles. The Hall–Kier alpha value is -7.74. The van der Waals surface area contributed by atoms with Crippen LogP contribution in [0, 0.1) is 5.41 Å². The number of carbonyl (C=O) groups excluding carboxylic acids is 12. The summed E-state index contributed by atoms with van der Waals surface area (Å²) in [5, 5.41) is 2.51. The van der Waals surface area contributed by atoms with E-state index in [4.69, 9.17) is 85.3 Å². The Morgan fingerprint density at radius 1 is 0.565 bits per heavy atom. The van der Waals surface area contributed by atoms with Crippen LogP contribution in [0.15, 0.2) is 24.3 Å². The first-order valence-electron chi connectivity index (χ1n) is 26.3. The Bertz CT molecular complexity index is 2580. The lowest BCUT2D eigenvalue weighted by molar-refractivity contribution is -0.385. The van der Waals surface area contributed by atoms with Gasteiger partial charge in [-0.1, -0.05) is 0 Å². The highest BCUT2D eigenvalue weighted by atomic mass is 16.8. The van der Waals surface area contributed by atoms with E-state index >= 15 is 0 Å². The largest absolute Gasteiger partial charge is 0.497 e. The van der Waals surface area contributed by atoms with Crippen molar-refractivity contribution in [1.82, 2.24) is 5.32 Å². The predicted molar refractivity (Wildman–Crippen MR) is 275 cm³/mol. The molecular formula is C54H73NO30. The first-order chi connectivity index (χ1) is 39.7. The molecule has 3 fully saturated rings. The summed E-state index contributed by atoms with van der Waals surface area (Å²) in [4.78, 5) is 158. The van der Waals surface area contributed by atoms with Gasteiger partial charge in [0.2, 0.25) is 18.3 Å². The number of nitrogens with one attached hydrogen (secondary N) is 1. The second-order valence-electron chi connectivity index (χ2n) is 20.4. The predicted octanol–water partition coefficient (Wildman–Crippen LogP) is 0.695. The number of methoxy groups -OCH3 is 2. The topological polar surface area (TPSA) is 383 Å². The second-order valence-corrected chi connectivity index (χ2v) is 20.4. The first kappa shape index (κ1) is 69.8. The Labute approximate surface area is 487 Å². The molecule has 16 atom stereocenters. The van der Waals surface area contributed by atoms with Crippen LogP contribution in [0.1, 0.15) is 96.4 Å². The number of carbonyl (C=O) groups is 12. The van der Waals surface area contributed by atoms with E-state index in [1.54, 1.807) is 0 Å². The van der Waals surface area contributed by atoms with Crippen molar-refractivity contribution in [1.29, 1.82) is 0 Å². The lowest BCUT2D eigenvalue weighted by Crippen LogP contribution is -2.72. The molecule has 3 aliphatic rings. The summed E-state index contributed by atoms with van der Waals surface area (Å²) in [6.07, 6.45) is -28.7. The van der Waals surface area contributed by atoms with Gasteiger partial charge in [-0.25, -0.2) is 4.79 Å². The summed E-state index contributed by atoms with van der Waals surface area (Å²) < 4.78 is 106. The SMILES string of the molecule is COC(=O)[C@@]1(O[C@H]2[C@@H](OC(C)=O)[C@@H](COC(C)=O)O[C@@H](O[C@H]3[C@H](OC(C)=O)[C@@H](OC(=O)C(C)(C)C)[C@H](Oc4ccc(OC)cc4)O[C@@H]3COC(C)=O)[C@@H]2OC(C)=O)C[C@H](OC(C)=O)[C@@H](NC(C)=O)[C@H]([C@H](OC(C)=O)[C@@H](COC(C)=O)OC(C)=O)O1. The molecule has 0 bridgehead atoms. The highest BCUT2D eigenvalue weighted by molar-refractivity contribution is 5.79. The Kier molecular flexibility index (Phi) is 25.3. The highest BCUT2D eigenvalue weighted by Crippen LogP contribution is 2.43. The number of rotatable bonds is 24. The zero-order valence-electron chi connectivity index (χ0n) is 49.5. The molecule has 3 saturated heterocycles. The van der Waals surface area contributed by atoms with Crippen molar-refractivity contribution < 1.29 is 143 Å². The Morgan fingerprint density at radius 2 is 1.06 bits per heavy atom. The van der Waals surface area contributed by atoms with Crippen LogP contribution < -0.4 is 14.8 Å². The van der Waals surface area contributed by atoms with Crippen LogP contribution >= 0.6 is 0 Å². The number of benzene rings is 1. The number of amides is 1. The van der Waals surface area contributed by atoms with Gasteiger partial charge in [0.15, 0.2) is 36.8 Å². The average Bonchev–Trinajstić information content (AvgIpc) is 1.26. The van der Waals surface area contributed by atoms with Gasteiger partial charge in [0.25, 0.3) is 5.79 Å². The van der Waals surface area contributed by atoms with Gasteiger partial charge in [-0.05, 0) is 45.0 Å². The molecule has 3 heterocycles. The van der Waals surface area contributed by atoms with Gasteiger partial charge in [-0.15, -0.1) is 0 Å². The molecule has 85 heavy (non-hydrogen) atoms. The van der Waals surface area contributed by atoms with E-state index in [-0.39, 0.29) is 5.75 Å². The summed E-state index contributed by atoms with van der Waals surface area (Å²) >= 11 is 0. The molecule has 0 spiro atoms. The van der Waals surface area contributed by atoms with Crippen molar-refractivity contribution in [3.8, 4) is 11.5 Å². The van der Waals surface area contributed by atoms with Gasteiger partial charge in [0, 0.05) is 69.2 Å². The van der Waals surface area contributed by atoms with Gasteiger partial charge in [-0.3, -0.25) is 52.7 Å². The fraction of sp³-hybridized carbons (Fsp3) is 0.667. The van der Waals surface area contributed by atoms with E-state index in [0.717, 1.165) is 76.3 Å². The van der Waals surface area contributed by atoms with Crippen LogP contribution in [0.3, 0.4) is 0 Å². The Balaban J connectivity index is 2.12. The van der Waals surface area contributed by atoms with Gasteiger partial charge in [0.1, 0.15) is 67.9 Å². The average molecular weight is 1220 g/mol. The van der Waals surface area contributed by atoms with E-state index in [1.807, 2.05) is 0 Å². The minimum Gasteiger partial charge on any atom is -0.497 e. The molecule has 1 aromatic rings. The first-order valence-corrected chi connectivity index (χ1v) is 26.3. The molecule has 4 rings (SSSR count). The zero-order chi connectivity index (χ0) is 63.8. The third-order valence-corrected chi connectivity index (χ3v) is 12.3. The maximum Gasteiger partial charge on any atom is 0.366 e. The number of ether oxygens (including phenoxy) is 18. The van der Waals surface area contributed by atoms with Crippen molar-refractivity contribution in [2.24, 2.45) is 5.41 Å². The number of hydrogen-bond acceptors (Lipinski definition) is 30. The van der Waals surface area contributed by atoms with Crippen LogP contribution in [-0.2, 0) is 133 Å². The molecule has 1 N–H and O–H groups in total. The lowest BCUT2D eigenvalue weighted by Gasteiger charge is -2.52. The smallest absolute Gasteiger partial charge is 0.366 e. The van der Waals surface area contributed by atoms with Crippen LogP contribution in [0.25, 0.3) is 0 Å². The molecule has 0 radical (unpaired) electrons. The van der Waals surface area contributed by atoms with Gasteiger partial charge >= 0.3 is 65.7 Å². The van der Waals surface area contributed by atoms with Gasteiger partial charge in [-0.2, -0.15) is 0 Å². The molecule has 31 heteroatoms. The van der Waals surface area contributed by atoms with Crippen molar-refractivity contribution in [3.05, 3.63) is 24.3 Å². The fourth-order valence-electron chi connectivity index (χ4n) is 9.01. The molecule has 0 unspecified atom stereocenters. The van der Waals surface area contributed by atoms with Crippen LogP contribution in [0.5, 0.6) is 11.5 Å². The minimum absolute atomic E-state index is 0.0849. The van der Waals surface area contributed by atoms with Crippen LogP contribution in [-0.4, -0.2) is 203 Å². The summed E-state index contributed by atoms with van der Waals surface area (Å²) in [5.41, 5.74) is -1.27. The summed E-state index contributed by atoms with van der Waals surface area (Å²) in [5.74, 6) is -15.3. The highest BCUT2D eigenvalue weighted by Gasteiger charge is 2.64. The molecule has 1 amide bonds. The van der Waals surface area contributed by atoms with E-state index in [9.17, 15) is 57.5 Å². The van der Waals surface area contributed by atoms with Crippen LogP contribution in [0.4, 0.5) is 0 Å². The van der Waals surface area contributed by atoms with E-state index < -0.39 is 201 Å². The van der Waals surface area contributed by atoms with E-state index in [1.165, 1.54) is 52.1 Å². The second kappa shape index (κ2) is 30.9. The van der Waals surface area contributed by atoms with Crippen molar-refractivity contribution in [2.45, 2.75) is 194 Å². The van der Waals surface area contributed by atoms with Crippen molar-refractivity contribution in [2.75, 3.05) is 34.0 Å². The maximum absolute atomic E-state index is 14.9. The standard InChI is InChI=1S/C54H73NO30/c1-24(56)55-40-36(73-28(5)60)20-54(52(67)69-15,84-44(40)41(75-30(7)62)37(74-29(6)61)21-70-25(2)57)85-46-43(76-31(8)63)39(23-72-27(4)59)81-50(48(46)78-33(10)65)82-42-38(22-71-26(3)58)80-49(79-35-18-16-34(68-14)17-19-35)47(45(42)77-32(9)64)83-51(66)53(11,12)13/h16-19,36-50H,20-23H2,1-15H3,(H,55,56)/t36-,37+,38+,39+,40+,41+,42+,43-,44+,45-,46-,47+,48+,49+,50-,54-/m0/s1. The number of esters is 11. The molecule has 3 aliphatic heterocycles. The normalized spacial score (nSPS) is 27.9. The Morgan fingerprint density at radius 3 is 1.54 bits per heavy atom. The van der Waals surface area contributed by atoms with Crippen molar-refractivity contribution >= 4 is 71.6 Å². The quantitative estimate of drug-likeness (QED) is 0.110. The summed E-state index contributed by atoms with van der Waals surface area (Å²) in [6.45, 7) is 11.6. The third kappa shape index (κ3) is 20.2. The molecule has 1 aromatic carbocycles. The van der Waals surface area contributed by atoms with Crippen LogP contribution in [0.2, 0.25) is 0 Å². The molecule has 0 saturated carbocycles. The minimum atomic E-state index is -3.17. The van der Waals surface area contributed by atoms with Crippen molar-refractivity contribution in [3.63, 3.8) is 0 Å².